The first kappa shape index (κ1) is 16.1. The van der Waals surface area contributed by atoms with Crippen molar-refractivity contribution in [2.24, 2.45) is 5.92 Å². The number of hydrogen-bond donors (Lipinski definition) is 1. The average Bonchev–Trinajstić information content (AvgIpc) is 2.65. The molecule has 1 saturated heterocycles. The van der Waals surface area contributed by atoms with Gasteiger partial charge in [0.2, 0.25) is 5.91 Å². The summed E-state index contributed by atoms with van der Waals surface area (Å²) in [6.07, 6.45) is 6.79. The number of hydrogen-bond acceptors (Lipinski definition) is 2. The van der Waals surface area contributed by atoms with Crippen molar-refractivity contribution in [3.8, 4) is 12.3 Å². The molecule has 1 aliphatic heterocycles. The van der Waals surface area contributed by atoms with E-state index in [0.29, 0.717) is 18.7 Å². The van der Waals surface area contributed by atoms with Gasteiger partial charge in [-0.1, -0.05) is 42.3 Å². The molecule has 1 fully saturated rings. The van der Waals surface area contributed by atoms with E-state index in [2.05, 4.69) is 11.2 Å². The Kier molecular flexibility index (Phi) is 4.81. The minimum Gasteiger partial charge on any atom is -0.345 e. The summed E-state index contributed by atoms with van der Waals surface area (Å²) in [4.78, 5) is 26.9. The third-order valence-corrected chi connectivity index (χ3v) is 4.46. The number of rotatable bonds is 3. The van der Waals surface area contributed by atoms with Crippen LogP contribution >= 0.6 is 0 Å². The van der Waals surface area contributed by atoms with Gasteiger partial charge < -0.3 is 10.2 Å². The van der Waals surface area contributed by atoms with Crippen molar-refractivity contribution in [1.82, 2.24) is 10.2 Å². The van der Waals surface area contributed by atoms with Crippen LogP contribution < -0.4 is 5.32 Å². The van der Waals surface area contributed by atoms with Gasteiger partial charge in [0.25, 0.3) is 5.91 Å². The van der Waals surface area contributed by atoms with Gasteiger partial charge in [-0.05, 0) is 29.7 Å². The van der Waals surface area contributed by atoms with E-state index in [-0.39, 0.29) is 24.3 Å². The van der Waals surface area contributed by atoms with Gasteiger partial charge in [-0.2, -0.15) is 0 Å². The summed E-state index contributed by atoms with van der Waals surface area (Å²) in [5.41, 5.74) is 0.692. The maximum atomic E-state index is 13.0. The van der Waals surface area contributed by atoms with Crippen molar-refractivity contribution < 1.29 is 9.59 Å². The van der Waals surface area contributed by atoms with Crippen LogP contribution in [0.5, 0.6) is 0 Å². The van der Waals surface area contributed by atoms with Gasteiger partial charge >= 0.3 is 0 Å². The number of likely N-dealkylation sites (tertiary alicyclic amines) is 1. The Balaban J connectivity index is 1.79. The number of terminal acetylenes is 1. The molecule has 0 saturated carbocycles. The smallest absolute Gasteiger partial charge is 0.254 e. The summed E-state index contributed by atoms with van der Waals surface area (Å²) >= 11 is 0. The summed E-state index contributed by atoms with van der Waals surface area (Å²) in [6, 6.07) is 13.6. The van der Waals surface area contributed by atoms with Gasteiger partial charge in [0, 0.05) is 18.7 Å². The summed E-state index contributed by atoms with van der Waals surface area (Å²) in [6.45, 7) is 1.35. The minimum atomic E-state index is -0.189. The summed E-state index contributed by atoms with van der Waals surface area (Å²) in [7, 11) is 0. The fraction of sp³-hybridized carbons (Fsp3) is 0.300. The zero-order chi connectivity index (χ0) is 16.9. The van der Waals surface area contributed by atoms with Gasteiger partial charge in [-0.25, -0.2) is 0 Å². The van der Waals surface area contributed by atoms with Crippen LogP contribution in [-0.4, -0.2) is 36.3 Å². The fourth-order valence-electron chi connectivity index (χ4n) is 3.24. The van der Waals surface area contributed by atoms with Crippen LogP contribution in [0.25, 0.3) is 10.8 Å². The predicted molar refractivity (Wildman–Crippen MR) is 94.4 cm³/mol. The van der Waals surface area contributed by atoms with Crippen molar-refractivity contribution in [3.63, 3.8) is 0 Å². The van der Waals surface area contributed by atoms with Gasteiger partial charge in [0.1, 0.15) is 0 Å². The highest BCUT2D eigenvalue weighted by Gasteiger charge is 2.29. The normalized spacial score (nSPS) is 17.3. The van der Waals surface area contributed by atoms with Crippen LogP contribution in [0, 0.1) is 18.3 Å². The molecule has 0 aliphatic carbocycles. The van der Waals surface area contributed by atoms with Crippen molar-refractivity contribution in [1.29, 1.82) is 0 Å². The topological polar surface area (TPSA) is 49.4 Å². The molecule has 1 heterocycles. The molecule has 3 rings (SSSR count). The van der Waals surface area contributed by atoms with Crippen LogP contribution in [0.15, 0.2) is 42.5 Å². The van der Waals surface area contributed by atoms with E-state index >= 15 is 0 Å². The van der Waals surface area contributed by atoms with Gasteiger partial charge in [0.05, 0.1) is 12.5 Å². The number of carbonyl (C=O) groups excluding carboxylic acids is 2. The van der Waals surface area contributed by atoms with Crippen LogP contribution in [-0.2, 0) is 4.79 Å². The lowest BCUT2D eigenvalue weighted by Gasteiger charge is -2.32. The van der Waals surface area contributed by atoms with E-state index in [1.807, 2.05) is 42.5 Å². The first-order valence-electron chi connectivity index (χ1n) is 8.19. The lowest BCUT2D eigenvalue weighted by molar-refractivity contribution is -0.126. The molecular formula is C20H20N2O2. The largest absolute Gasteiger partial charge is 0.345 e. The second kappa shape index (κ2) is 7.18. The monoisotopic (exact) mass is 320 g/mol. The number of piperidine rings is 1. The molecule has 24 heavy (non-hydrogen) atoms. The molecule has 0 aromatic heterocycles. The molecule has 0 bridgehead atoms. The quantitative estimate of drug-likeness (QED) is 0.883. The van der Waals surface area contributed by atoms with Gasteiger partial charge in [-0.3, -0.25) is 9.59 Å². The van der Waals surface area contributed by atoms with Crippen LogP contribution in [0.2, 0.25) is 0 Å². The maximum Gasteiger partial charge on any atom is 0.254 e. The number of nitrogens with one attached hydrogen (secondary N) is 1. The molecule has 1 unspecified atom stereocenters. The maximum absolute atomic E-state index is 13.0. The lowest BCUT2D eigenvalue weighted by atomic mass is 9.95. The number of benzene rings is 2. The molecule has 4 nitrogen and oxygen atoms in total. The van der Waals surface area contributed by atoms with Crippen molar-refractivity contribution >= 4 is 22.6 Å². The molecule has 4 heteroatoms. The first-order valence-corrected chi connectivity index (χ1v) is 8.19. The van der Waals surface area contributed by atoms with Crippen LogP contribution in [0.1, 0.15) is 23.2 Å². The standard InChI is InChI=1S/C20H20N2O2/c1-2-12-21-19(23)16-9-6-13-22(14-16)20(24)18-11-5-8-15-7-3-4-10-17(15)18/h1,3-5,7-8,10-11,16H,6,9,12-14H2,(H,21,23). The highest BCUT2D eigenvalue weighted by Crippen LogP contribution is 2.23. The summed E-state index contributed by atoms with van der Waals surface area (Å²) < 4.78 is 0. The third kappa shape index (κ3) is 3.26. The summed E-state index contributed by atoms with van der Waals surface area (Å²) in [5, 5.41) is 4.71. The van der Waals surface area contributed by atoms with Crippen molar-refractivity contribution in [2.75, 3.05) is 19.6 Å². The first-order chi connectivity index (χ1) is 11.7. The van der Waals surface area contributed by atoms with Gasteiger partial charge in [-0.15, -0.1) is 6.42 Å². The predicted octanol–water partition coefficient (Wildman–Crippen LogP) is 2.44. The highest BCUT2D eigenvalue weighted by molar-refractivity contribution is 6.07. The van der Waals surface area contributed by atoms with Crippen molar-refractivity contribution in [3.05, 3.63) is 48.0 Å². The third-order valence-electron chi connectivity index (χ3n) is 4.46. The molecule has 2 amide bonds. The molecular weight excluding hydrogens is 300 g/mol. The Morgan fingerprint density at radius 1 is 1.21 bits per heavy atom. The van der Waals surface area contributed by atoms with Crippen LogP contribution in [0.4, 0.5) is 0 Å². The molecule has 0 spiro atoms. The molecule has 0 radical (unpaired) electrons. The average molecular weight is 320 g/mol. The molecule has 122 valence electrons. The number of amides is 2. The zero-order valence-electron chi connectivity index (χ0n) is 13.5. The van der Waals surface area contributed by atoms with E-state index in [0.717, 1.165) is 23.6 Å². The van der Waals surface area contributed by atoms with Crippen LogP contribution in [0.3, 0.4) is 0 Å². The summed E-state index contributed by atoms with van der Waals surface area (Å²) in [5.74, 6) is 2.14. The SMILES string of the molecule is C#CCNC(=O)C1CCCN(C(=O)c2cccc3ccccc23)C1. The Bertz CT molecular complexity index is 801. The van der Waals surface area contributed by atoms with Gasteiger partial charge in [0.15, 0.2) is 0 Å². The van der Waals surface area contributed by atoms with E-state index < -0.39 is 0 Å². The number of fused-ring (bicyclic) bond motifs is 1. The zero-order valence-corrected chi connectivity index (χ0v) is 13.5. The van der Waals surface area contributed by atoms with E-state index in [1.54, 1.807) is 4.90 Å². The Labute approximate surface area is 141 Å². The minimum absolute atomic E-state index is 0.0127. The fourth-order valence-corrected chi connectivity index (χ4v) is 3.24. The second-order valence-electron chi connectivity index (χ2n) is 6.04. The molecule has 1 aliphatic rings. The molecule has 2 aromatic rings. The highest BCUT2D eigenvalue weighted by atomic mass is 16.2. The molecule has 2 aromatic carbocycles. The Hall–Kier alpha value is -2.80. The molecule has 1 atom stereocenters. The van der Waals surface area contributed by atoms with E-state index in [1.165, 1.54) is 0 Å². The Morgan fingerprint density at radius 3 is 2.83 bits per heavy atom. The lowest BCUT2D eigenvalue weighted by Crippen LogP contribution is -2.45. The second-order valence-corrected chi connectivity index (χ2v) is 6.04. The number of nitrogens with zero attached hydrogens (tertiary/aromatic N) is 1. The van der Waals surface area contributed by atoms with E-state index in [4.69, 9.17) is 6.42 Å². The van der Waals surface area contributed by atoms with E-state index in [9.17, 15) is 9.59 Å². The molecule has 1 N–H and O–H groups in total. The Morgan fingerprint density at radius 2 is 2.00 bits per heavy atom. The number of carbonyl (C=O) groups is 2. The van der Waals surface area contributed by atoms with Crippen molar-refractivity contribution in [2.45, 2.75) is 12.8 Å².